The molecular formula is C34H37F3N6O2S. The van der Waals surface area contributed by atoms with Crippen molar-refractivity contribution in [1.82, 2.24) is 20.1 Å². The van der Waals surface area contributed by atoms with Gasteiger partial charge in [0.15, 0.2) is 11.0 Å². The Morgan fingerprint density at radius 3 is 2.33 bits per heavy atom. The van der Waals surface area contributed by atoms with Crippen LogP contribution in [0.15, 0.2) is 72.0 Å². The molecular weight excluding hydrogens is 613 g/mol. The van der Waals surface area contributed by atoms with Crippen LogP contribution >= 0.6 is 11.8 Å². The van der Waals surface area contributed by atoms with Crippen LogP contribution in [0.4, 0.5) is 23.7 Å². The normalized spacial score (nSPS) is 17.5. The number of urea groups is 1. The van der Waals surface area contributed by atoms with E-state index in [-0.39, 0.29) is 29.8 Å². The Balaban J connectivity index is 1.24. The first-order chi connectivity index (χ1) is 21.8. The van der Waals surface area contributed by atoms with Gasteiger partial charge in [0.2, 0.25) is 0 Å². The van der Waals surface area contributed by atoms with E-state index in [0.717, 1.165) is 29.0 Å². The summed E-state index contributed by atoms with van der Waals surface area (Å²) in [4.78, 5) is 24.3. The van der Waals surface area contributed by atoms with Gasteiger partial charge in [0.05, 0.1) is 5.69 Å². The summed E-state index contributed by atoms with van der Waals surface area (Å²) in [7, 11) is 0. The predicted octanol–water partition coefficient (Wildman–Crippen LogP) is 8.35. The van der Waals surface area contributed by atoms with E-state index in [1.807, 2.05) is 31.2 Å². The van der Waals surface area contributed by atoms with Crippen LogP contribution in [0, 0.1) is 20.8 Å². The fourth-order valence-corrected chi connectivity index (χ4v) is 6.85. The number of benzene rings is 3. The van der Waals surface area contributed by atoms with E-state index in [2.05, 4.69) is 76.8 Å². The van der Waals surface area contributed by atoms with Gasteiger partial charge in [-0.15, -0.1) is 18.3 Å². The zero-order chi connectivity index (χ0) is 33.2. The Morgan fingerprint density at radius 1 is 1.04 bits per heavy atom. The number of aromatic nitrogens is 3. The molecule has 1 N–H and O–H groups in total. The number of thioether (sulfide) groups is 1. The highest BCUT2D eigenvalue weighted by Gasteiger charge is 2.31. The molecule has 8 nitrogen and oxygen atoms in total. The van der Waals surface area contributed by atoms with Crippen molar-refractivity contribution in [2.24, 2.45) is 4.99 Å². The molecule has 2 heterocycles. The number of carbonyl (C=O) groups is 1. The number of carbonyl (C=O) groups excluding carboxylic acids is 1. The van der Waals surface area contributed by atoms with E-state index in [0.29, 0.717) is 16.7 Å². The molecule has 0 saturated carbocycles. The number of amides is 2. The Kier molecular flexibility index (Phi) is 9.76. The number of anilines is 1. The number of nitrogens with zero attached hydrogens (tertiary/aromatic N) is 5. The van der Waals surface area contributed by atoms with Crippen LogP contribution in [0.25, 0.3) is 17.1 Å². The van der Waals surface area contributed by atoms with Crippen LogP contribution < -0.4 is 15.0 Å². The maximum atomic E-state index is 13.2. The molecule has 3 unspecified atom stereocenters. The Morgan fingerprint density at radius 2 is 1.70 bits per heavy atom. The number of amidine groups is 1. The number of ether oxygens (including phenoxy) is 1. The highest BCUT2D eigenvalue weighted by atomic mass is 32.2. The maximum Gasteiger partial charge on any atom is 0.573 e. The second-order valence-electron chi connectivity index (χ2n) is 11.7. The first kappa shape index (κ1) is 33.1. The second-order valence-corrected chi connectivity index (χ2v) is 12.8. The minimum Gasteiger partial charge on any atom is -0.406 e. The molecule has 2 amide bonds. The maximum absolute atomic E-state index is 13.2. The van der Waals surface area contributed by atoms with Gasteiger partial charge in [-0.05, 0) is 82.0 Å². The zero-order valence-electron chi connectivity index (χ0n) is 26.6. The topological polar surface area (TPSA) is 84.6 Å². The molecule has 5 rings (SSSR count). The van der Waals surface area contributed by atoms with E-state index >= 15 is 0 Å². The summed E-state index contributed by atoms with van der Waals surface area (Å²) >= 11 is 1.61. The lowest BCUT2D eigenvalue weighted by Gasteiger charge is -2.37. The van der Waals surface area contributed by atoms with Crippen LogP contribution in [0.2, 0.25) is 0 Å². The lowest BCUT2D eigenvalue weighted by molar-refractivity contribution is -0.274. The van der Waals surface area contributed by atoms with Crippen molar-refractivity contribution in [2.75, 3.05) is 10.7 Å². The van der Waals surface area contributed by atoms with Crippen molar-refractivity contribution in [3.63, 3.8) is 0 Å². The summed E-state index contributed by atoms with van der Waals surface area (Å²) in [6, 6.07) is 17.2. The third kappa shape index (κ3) is 7.72. The molecule has 242 valence electrons. The van der Waals surface area contributed by atoms with Crippen molar-refractivity contribution in [1.29, 1.82) is 0 Å². The summed E-state index contributed by atoms with van der Waals surface area (Å²) in [6.07, 6.45) is -2.25. The van der Waals surface area contributed by atoms with Crippen molar-refractivity contribution in [2.45, 2.75) is 72.3 Å². The Labute approximate surface area is 271 Å². The Bertz CT molecular complexity index is 1700. The van der Waals surface area contributed by atoms with E-state index < -0.39 is 6.36 Å². The molecule has 1 saturated heterocycles. The number of halogens is 3. The van der Waals surface area contributed by atoms with E-state index in [4.69, 9.17) is 0 Å². The van der Waals surface area contributed by atoms with E-state index in [1.165, 1.54) is 52.0 Å². The SMILES string of the molecule is Cc1cc(C)c(N2/C(=N/C(=O)NC(C)C(C)c3ccc(-c4ncn(-c5ccc(OC(F)(F)F)cc5)n4)cc3)SCCC2C)c(C)c1. The third-order valence-corrected chi connectivity index (χ3v) is 9.10. The quantitative estimate of drug-likeness (QED) is 0.217. The molecule has 4 aromatic rings. The molecule has 12 heteroatoms. The number of hydrogen-bond acceptors (Lipinski definition) is 5. The summed E-state index contributed by atoms with van der Waals surface area (Å²) in [5, 5.41) is 8.26. The number of nitrogens with one attached hydrogen (secondary N) is 1. The molecule has 0 spiro atoms. The molecule has 1 aliphatic heterocycles. The van der Waals surface area contributed by atoms with Crippen molar-refractivity contribution in [3.05, 3.63) is 89.2 Å². The van der Waals surface area contributed by atoms with Crippen LogP contribution in [-0.4, -0.2) is 50.2 Å². The standard InChI is InChI=1S/C34H37F3N6O2S/c1-20-17-21(2)30(22(3)18-20)43-23(4)15-16-46-33(43)40-32(44)39-25(6)24(5)26-7-9-27(10-8-26)31-38-19-42(41-31)28-11-13-29(14-12-28)45-34(35,36)37/h7-14,17-19,23-25H,15-16H2,1-6H3,(H,39,44)/b40-33-. The van der Waals surface area contributed by atoms with Gasteiger partial charge in [-0.2, -0.15) is 4.99 Å². The van der Waals surface area contributed by atoms with Crippen LogP contribution in [0.5, 0.6) is 5.75 Å². The largest absolute Gasteiger partial charge is 0.573 e. The van der Waals surface area contributed by atoms with Crippen LogP contribution in [0.3, 0.4) is 0 Å². The molecule has 0 bridgehead atoms. The van der Waals surface area contributed by atoms with Gasteiger partial charge in [-0.1, -0.05) is 60.6 Å². The smallest absolute Gasteiger partial charge is 0.406 e. The first-order valence-electron chi connectivity index (χ1n) is 15.1. The molecule has 46 heavy (non-hydrogen) atoms. The summed E-state index contributed by atoms with van der Waals surface area (Å²) < 4.78 is 42.8. The van der Waals surface area contributed by atoms with Gasteiger partial charge in [0.25, 0.3) is 0 Å². The number of rotatable bonds is 7. The second kappa shape index (κ2) is 13.6. The van der Waals surface area contributed by atoms with Gasteiger partial charge < -0.3 is 15.0 Å². The number of aliphatic imine (C=N–C) groups is 1. The van der Waals surface area contributed by atoms with Crippen LogP contribution in [0.1, 0.15) is 55.4 Å². The first-order valence-corrected chi connectivity index (χ1v) is 16.0. The van der Waals surface area contributed by atoms with E-state index in [9.17, 15) is 18.0 Å². The zero-order valence-corrected chi connectivity index (χ0v) is 27.4. The predicted molar refractivity (Wildman–Crippen MR) is 177 cm³/mol. The fraction of sp³-hybridized carbons (Fsp3) is 0.353. The van der Waals surface area contributed by atoms with Gasteiger partial charge >= 0.3 is 12.4 Å². The van der Waals surface area contributed by atoms with Gasteiger partial charge in [-0.25, -0.2) is 14.5 Å². The highest BCUT2D eigenvalue weighted by Crippen LogP contribution is 2.35. The average Bonchev–Trinajstić information content (AvgIpc) is 3.48. The molecule has 1 aliphatic rings. The number of alkyl halides is 3. The minimum atomic E-state index is -4.75. The molecule has 3 aromatic carbocycles. The third-order valence-electron chi connectivity index (χ3n) is 8.11. The molecule has 3 atom stereocenters. The van der Waals surface area contributed by atoms with Gasteiger partial charge in [-0.3, -0.25) is 0 Å². The average molecular weight is 651 g/mol. The summed E-state index contributed by atoms with van der Waals surface area (Å²) in [5.74, 6) is 1.06. The lowest BCUT2D eigenvalue weighted by atomic mass is 9.93. The highest BCUT2D eigenvalue weighted by molar-refractivity contribution is 8.14. The summed E-state index contributed by atoms with van der Waals surface area (Å²) in [5.41, 5.74) is 7.01. The van der Waals surface area contributed by atoms with Crippen molar-refractivity contribution in [3.8, 4) is 22.8 Å². The number of aryl methyl sites for hydroxylation is 3. The molecule has 0 radical (unpaired) electrons. The fourth-order valence-electron chi connectivity index (χ4n) is 5.65. The minimum absolute atomic E-state index is 0.00299. The Hall–Kier alpha value is -4.32. The van der Waals surface area contributed by atoms with Crippen LogP contribution in [-0.2, 0) is 0 Å². The van der Waals surface area contributed by atoms with Gasteiger partial charge in [0.1, 0.15) is 12.1 Å². The van der Waals surface area contributed by atoms with E-state index in [1.54, 1.807) is 11.8 Å². The number of hydrogen-bond donors (Lipinski definition) is 1. The lowest BCUT2D eigenvalue weighted by Crippen LogP contribution is -2.43. The van der Waals surface area contributed by atoms with Crippen molar-refractivity contribution < 1.29 is 22.7 Å². The molecule has 1 fully saturated rings. The molecule has 1 aromatic heterocycles. The van der Waals surface area contributed by atoms with Gasteiger partial charge in [0, 0.05) is 35.0 Å². The summed E-state index contributed by atoms with van der Waals surface area (Å²) in [6.45, 7) is 12.5. The van der Waals surface area contributed by atoms with Crippen molar-refractivity contribution >= 4 is 28.6 Å². The monoisotopic (exact) mass is 650 g/mol. The molecule has 0 aliphatic carbocycles.